The fraction of sp³-hybridized carbons (Fsp3) is 0.533. The summed E-state index contributed by atoms with van der Waals surface area (Å²) in [6, 6.07) is 9.21. The lowest BCUT2D eigenvalue weighted by Gasteiger charge is -2.27. The van der Waals surface area contributed by atoms with Crippen LogP contribution in [0.25, 0.3) is 0 Å². The van der Waals surface area contributed by atoms with Crippen molar-refractivity contribution in [1.29, 1.82) is 0 Å². The number of nitrogens with zero attached hydrogens (tertiary/aromatic N) is 1. The molecule has 19 heavy (non-hydrogen) atoms. The summed E-state index contributed by atoms with van der Waals surface area (Å²) in [5.41, 5.74) is 2.95. The van der Waals surface area contributed by atoms with E-state index in [-0.39, 0.29) is 6.03 Å². The van der Waals surface area contributed by atoms with Crippen LogP contribution in [0, 0.1) is 5.92 Å². The van der Waals surface area contributed by atoms with Crippen molar-refractivity contribution >= 4 is 17.8 Å². The highest BCUT2D eigenvalue weighted by Gasteiger charge is 2.56. The molecule has 0 bridgehead atoms. The number of nitrogens with one attached hydrogen (secondary N) is 1. The number of carbonyl (C=O) groups excluding carboxylic acids is 1. The van der Waals surface area contributed by atoms with Gasteiger partial charge in [0.1, 0.15) is 0 Å². The van der Waals surface area contributed by atoms with Gasteiger partial charge in [0, 0.05) is 36.6 Å². The van der Waals surface area contributed by atoms with Crippen LogP contribution in [-0.2, 0) is 6.42 Å². The lowest BCUT2D eigenvalue weighted by molar-refractivity contribution is 0.202. The molecule has 100 valence electrons. The van der Waals surface area contributed by atoms with Crippen molar-refractivity contribution < 1.29 is 4.79 Å². The van der Waals surface area contributed by atoms with Crippen molar-refractivity contribution in [3.05, 3.63) is 35.4 Å². The minimum absolute atomic E-state index is 0.150. The Kier molecular flexibility index (Phi) is 2.72. The summed E-state index contributed by atoms with van der Waals surface area (Å²) in [5, 5.41) is 3.24. The van der Waals surface area contributed by atoms with Crippen molar-refractivity contribution in [3.8, 4) is 0 Å². The molecule has 2 amide bonds. The first-order valence-electron chi connectivity index (χ1n) is 7.05. The van der Waals surface area contributed by atoms with E-state index in [1.807, 2.05) is 16.7 Å². The second-order valence-corrected chi connectivity index (χ2v) is 6.89. The average molecular weight is 274 g/mol. The highest BCUT2D eigenvalue weighted by molar-refractivity contribution is 7.99. The van der Waals surface area contributed by atoms with Crippen LogP contribution in [0.1, 0.15) is 17.0 Å². The maximum absolute atomic E-state index is 12.2. The van der Waals surface area contributed by atoms with Crippen LogP contribution in [0.4, 0.5) is 4.79 Å². The molecule has 0 spiro atoms. The Morgan fingerprint density at radius 2 is 2.05 bits per heavy atom. The molecule has 3 nitrogen and oxygen atoms in total. The van der Waals surface area contributed by atoms with Gasteiger partial charge in [-0.25, -0.2) is 4.79 Å². The van der Waals surface area contributed by atoms with E-state index in [1.165, 1.54) is 11.1 Å². The van der Waals surface area contributed by atoms with E-state index in [4.69, 9.17) is 0 Å². The largest absolute Gasteiger partial charge is 0.334 e. The zero-order chi connectivity index (χ0) is 12.8. The number of hydrogen-bond donors (Lipinski definition) is 1. The van der Waals surface area contributed by atoms with Crippen LogP contribution in [0.5, 0.6) is 0 Å². The maximum atomic E-state index is 12.2. The highest BCUT2D eigenvalue weighted by atomic mass is 32.2. The molecule has 4 rings (SSSR count). The van der Waals surface area contributed by atoms with Crippen LogP contribution in [0.15, 0.2) is 24.3 Å². The molecule has 0 radical (unpaired) electrons. The van der Waals surface area contributed by atoms with Crippen molar-refractivity contribution in [3.63, 3.8) is 0 Å². The molecule has 4 heteroatoms. The third-order valence-corrected chi connectivity index (χ3v) is 5.57. The minimum Gasteiger partial charge on any atom is -0.334 e. The predicted octanol–water partition coefficient (Wildman–Crippen LogP) is 2.08. The number of hydrogen-bond acceptors (Lipinski definition) is 2. The molecule has 1 aromatic carbocycles. The van der Waals surface area contributed by atoms with E-state index in [0.29, 0.717) is 17.9 Å². The van der Waals surface area contributed by atoms with Gasteiger partial charge in [-0.1, -0.05) is 24.3 Å². The molecule has 2 aliphatic carbocycles. The van der Waals surface area contributed by atoms with Crippen LogP contribution < -0.4 is 5.32 Å². The molecule has 1 aromatic rings. The maximum Gasteiger partial charge on any atom is 0.317 e. The molecule has 1 N–H and O–H groups in total. The predicted molar refractivity (Wildman–Crippen MR) is 77.6 cm³/mol. The fourth-order valence-electron chi connectivity index (χ4n) is 3.55. The van der Waals surface area contributed by atoms with Crippen molar-refractivity contribution in [2.45, 2.75) is 18.4 Å². The number of carbonyl (C=O) groups is 1. The van der Waals surface area contributed by atoms with E-state index in [0.717, 1.165) is 31.0 Å². The first-order chi connectivity index (χ1) is 9.34. The van der Waals surface area contributed by atoms with Crippen molar-refractivity contribution in [2.24, 2.45) is 5.92 Å². The van der Waals surface area contributed by atoms with E-state index in [9.17, 15) is 4.79 Å². The smallest absolute Gasteiger partial charge is 0.317 e. The molecule has 0 unspecified atom stereocenters. The highest BCUT2D eigenvalue weighted by Crippen LogP contribution is 2.56. The number of rotatable bonds is 1. The van der Waals surface area contributed by atoms with E-state index >= 15 is 0 Å². The van der Waals surface area contributed by atoms with Crippen LogP contribution in [-0.4, -0.2) is 41.6 Å². The second kappa shape index (κ2) is 4.44. The van der Waals surface area contributed by atoms with Gasteiger partial charge in [0.05, 0.1) is 0 Å². The number of urea groups is 1. The summed E-state index contributed by atoms with van der Waals surface area (Å²) in [4.78, 5) is 14.2. The Labute approximate surface area is 117 Å². The van der Waals surface area contributed by atoms with Gasteiger partial charge in [-0.15, -0.1) is 0 Å². The first kappa shape index (κ1) is 11.6. The number of amides is 2. The van der Waals surface area contributed by atoms with Crippen molar-refractivity contribution in [1.82, 2.24) is 10.2 Å². The van der Waals surface area contributed by atoms with Gasteiger partial charge in [0.15, 0.2) is 0 Å². The summed E-state index contributed by atoms with van der Waals surface area (Å²) in [5.74, 6) is 3.39. The van der Waals surface area contributed by atoms with E-state index < -0.39 is 0 Å². The van der Waals surface area contributed by atoms with Gasteiger partial charge >= 0.3 is 6.03 Å². The minimum atomic E-state index is 0.150. The van der Waals surface area contributed by atoms with Gasteiger partial charge in [-0.3, -0.25) is 0 Å². The standard InChI is InChI=1S/C15H18N2OS/c18-15(17-5-7-19-8-6-17)16-14-12-9-10-3-1-2-4-11(10)13(12)14/h1-4,12-14H,5-9H2,(H,16,18)/t12-,13-,14+/m0/s1. The zero-order valence-electron chi connectivity index (χ0n) is 10.8. The van der Waals surface area contributed by atoms with Gasteiger partial charge < -0.3 is 10.2 Å². The summed E-state index contributed by atoms with van der Waals surface area (Å²) in [6.07, 6.45) is 1.14. The van der Waals surface area contributed by atoms with E-state index in [2.05, 4.69) is 29.6 Å². The Balaban J connectivity index is 1.41. The molecular weight excluding hydrogens is 256 g/mol. The average Bonchev–Trinajstić information content (AvgIpc) is 2.97. The quantitative estimate of drug-likeness (QED) is 0.850. The monoisotopic (exact) mass is 274 g/mol. The topological polar surface area (TPSA) is 32.3 Å². The summed E-state index contributed by atoms with van der Waals surface area (Å²) in [6.45, 7) is 1.80. The molecule has 1 heterocycles. The van der Waals surface area contributed by atoms with Crippen LogP contribution in [0.2, 0.25) is 0 Å². The second-order valence-electron chi connectivity index (χ2n) is 5.67. The zero-order valence-corrected chi connectivity index (χ0v) is 11.7. The molecule has 1 saturated heterocycles. The molecule has 1 aliphatic heterocycles. The Morgan fingerprint density at radius 1 is 1.26 bits per heavy atom. The first-order valence-corrected chi connectivity index (χ1v) is 8.21. The SMILES string of the molecule is O=C(N[C@@H]1[C@H]2Cc3ccccc3[C@@H]21)N1CCSCC1. The van der Waals surface area contributed by atoms with Gasteiger partial charge in [0.2, 0.25) is 0 Å². The summed E-state index contributed by atoms with van der Waals surface area (Å²) < 4.78 is 0. The van der Waals surface area contributed by atoms with Crippen molar-refractivity contribution in [2.75, 3.05) is 24.6 Å². The third-order valence-electron chi connectivity index (χ3n) is 4.63. The van der Waals surface area contributed by atoms with E-state index in [1.54, 1.807) is 0 Å². The normalized spacial score (nSPS) is 31.6. The number of thioether (sulfide) groups is 1. The van der Waals surface area contributed by atoms with Gasteiger partial charge in [0.25, 0.3) is 0 Å². The molecule has 1 saturated carbocycles. The lowest BCUT2D eigenvalue weighted by Crippen LogP contribution is -2.45. The summed E-state index contributed by atoms with van der Waals surface area (Å²) in [7, 11) is 0. The van der Waals surface area contributed by atoms with Gasteiger partial charge in [-0.05, 0) is 23.5 Å². The molecule has 2 fully saturated rings. The Hall–Kier alpha value is -1.16. The summed E-state index contributed by atoms with van der Waals surface area (Å²) >= 11 is 1.94. The third kappa shape index (κ3) is 1.93. The molecule has 3 aliphatic rings. The molecular formula is C15H18N2OS. The molecule has 0 aromatic heterocycles. The van der Waals surface area contributed by atoms with Gasteiger partial charge in [-0.2, -0.15) is 11.8 Å². The van der Waals surface area contributed by atoms with Crippen LogP contribution >= 0.6 is 11.8 Å². The Morgan fingerprint density at radius 3 is 2.89 bits per heavy atom. The van der Waals surface area contributed by atoms with Crippen LogP contribution in [0.3, 0.4) is 0 Å². The molecule has 3 atom stereocenters. The lowest BCUT2D eigenvalue weighted by atomic mass is 10.1. The number of fused-ring (bicyclic) bond motifs is 3. The fourth-order valence-corrected chi connectivity index (χ4v) is 4.45. The number of benzene rings is 1. The Bertz CT molecular complexity index is 513.